The molecule has 7 heteroatoms. The number of carbonyl (C=O) groups excluding carboxylic acids is 1. The third-order valence-electron chi connectivity index (χ3n) is 4.62. The molecule has 1 amide bonds. The molecule has 5 nitrogen and oxygen atoms in total. The van der Waals surface area contributed by atoms with Crippen LogP contribution in [0.15, 0.2) is 30.5 Å². The molecule has 25 heavy (non-hydrogen) atoms. The second-order valence-electron chi connectivity index (χ2n) is 6.42. The molecule has 1 saturated carbocycles. The molecule has 134 valence electrons. The van der Waals surface area contributed by atoms with E-state index in [-0.39, 0.29) is 18.5 Å². The number of aromatic nitrogens is 2. The lowest BCUT2D eigenvalue weighted by atomic mass is 10.1. The Morgan fingerprint density at radius 3 is 2.76 bits per heavy atom. The smallest absolute Gasteiger partial charge is 0.239 e. The van der Waals surface area contributed by atoms with Gasteiger partial charge >= 0.3 is 0 Å². The maximum absolute atomic E-state index is 13.3. The monoisotopic (exact) mass is 348 g/mol. The minimum atomic E-state index is -0.893. The van der Waals surface area contributed by atoms with Gasteiger partial charge in [-0.25, -0.2) is 13.5 Å². The zero-order valence-electron chi connectivity index (χ0n) is 14.1. The van der Waals surface area contributed by atoms with Crippen LogP contribution in [0.5, 0.6) is 0 Å². The zero-order chi connectivity index (χ0) is 17.8. The average Bonchev–Trinajstić information content (AvgIpc) is 3.26. The van der Waals surface area contributed by atoms with Crippen molar-refractivity contribution in [3.63, 3.8) is 0 Å². The number of halogens is 2. The van der Waals surface area contributed by atoms with Crippen LogP contribution in [0.2, 0.25) is 0 Å². The Kier molecular flexibility index (Phi) is 5.43. The molecule has 0 radical (unpaired) electrons. The molecular formula is C18H22F2N4O. The van der Waals surface area contributed by atoms with Crippen molar-refractivity contribution >= 4 is 11.7 Å². The third-order valence-corrected chi connectivity index (χ3v) is 4.62. The molecule has 2 N–H and O–H groups in total. The summed E-state index contributed by atoms with van der Waals surface area (Å²) in [6.07, 6.45) is 6.22. The van der Waals surface area contributed by atoms with Crippen molar-refractivity contribution in [1.29, 1.82) is 0 Å². The van der Waals surface area contributed by atoms with E-state index in [1.54, 1.807) is 19.2 Å². The number of hydrogen-bond acceptors (Lipinski definition) is 3. The fraction of sp³-hybridized carbons (Fsp3) is 0.444. The summed E-state index contributed by atoms with van der Waals surface area (Å²) in [6, 6.07) is 5.58. The number of hydrogen-bond donors (Lipinski definition) is 2. The number of rotatable bonds is 6. The summed E-state index contributed by atoms with van der Waals surface area (Å²) in [5.74, 6) is -1.28. The summed E-state index contributed by atoms with van der Waals surface area (Å²) in [5.41, 5.74) is 0.586. The second kappa shape index (κ2) is 7.74. The lowest BCUT2D eigenvalue weighted by Gasteiger charge is -2.16. The number of benzene rings is 1. The molecule has 2 aromatic rings. The topological polar surface area (TPSA) is 59.0 Å². The maximum Gasteiger partial charge on any atom is 0.239 e. The summed E-state index contributed by atoms with van der Waals surface area (Å²) >= 11 is 0. The van der Waals surface area contributed by atoms with Crippen LogP contribution in [0.1, 0.15) is 50.3 Å². The van der Waals surface area contributed by atoms with Crippen LogP contribution in [0.4, 0.5) is 14.6 Å². The summed E-state index contributed by atoms with van der Waals surface area (Å²) in [6.45, 7) is 1.86. The van der Waals surface area contributed by atoms with Crippen LogP contribution >= 0.6 is 0 Å². The molecule has 0 aliphatic heterocycles. The Morgan fingerprint density at radius 1 is 1.28 bits per heavy atom. The fourth-order valence-corrected chi connectivity index (χ4v) is 3.19. The van der Waals surface area contributed by atoms with Gasteiger partial charge in [0.2, 0.25) is 5.91 Å². The SMILES string of the molecule is C[C@@H](NCC(=O)Nc1ccnn1C1CCCC1)c1ccc(F)c(F)c1. The first kappa shape index (κ1) is 17.5. The van der Waals surface area contributed by atoms with Gasteiger partial charge in [0.1, 0.15) is 5.82 Å². The largest absolute Gasteiger partial charge is 0.310 e. The number of nitrogens with zero attached hydrogens (tertiary/aromatic N) is 2. The van der Waals surface area contributed by atoms with Gasteiger partial charge in [-0.05, 0) is 37.5 Å². The number of nitrogens with one attached hydrogen (secondary N) is 2. The van der Waals surface area contributed by atoms with Gasteiger partial charge in [0.05, 0.1) is 18.8 Å². The first-order valence-corrected chi connectivity index (χ1v) is 8.56. The lowest BCUT2D eigenvalue weighted by Crippen LogP contribution is -2.31. The number of amides is 1. The Balaban J connectivity index is 1.54. The van der Waals surface area contributed by atoms with Gasteiger partial charge in [0, 0.05) is 12.1 Å². The van der Waals surface area contributed by atoms with Gasteiger partial charge in [-0.3, -0.25) is 4.79 Å². The summed E-state index contributed by atoms with van der Waals surface area (Å²) in [4.78, 5) is 12.2. The Morgan fingerprint density at radius 2 is 2.04 bits per heavy atom. The van der Waals surface area contributed by atoms with E-state index < -0.39 is 11.6 Å². The number of carbonyl (C=O) groups is 1. The van der Waals surface area contributed by atoms with Gasteiger partial charge in [-0.2, -0.15) is 5.10 Å². The lowest BCUT2D eigenvalue weighted by molar-refractivity contribution is -0.115. The molecule has 0 spiro atoms. The first-order chi connectivity index (χ1) is 12.0. The van der Waals surface area contributed by atoms with Crippen LogP contribution in [-0.2, 0) is 4.79 Å². The molecule has 0 saturated heterocycles. The summed E-state index contributed by atoms with van der Waals surface area (Å²) < 4.78 is 28.2. The van der Waals surface area contributed by atoms with E-state index in [0.717, 1.165) is 25.0 Å². The van der Waals surface area contributed by atoms with E-state index in [4.69, 9.17) is 0 Å². The molecule has 1 heterocycles. The van der Waals surface area contributed by atoms with E-state index in [1.807, 2.05) is 4.68 Å². The second-order valence-corrected chi connectivity index (χ2v) is 6.42. The quantitative estimate of drug-likeness (QED) is 0.839. The zero-order valence-corrected chi connectivity index (χ0v) is 14.1. The normalized spacial score (nSPS) is 16.1. The standard InChI is InChI=1S/C18H22F2N4O/c1-12(13-6-7-15(19)16(20)10-13)21-11-18(25)23-17-8-9-22-24(17)14-4-2-3-5-14/h6-10,12,14,21H,2-5,11H2,1H3,(H,23,25)/t12-/m1/s1. The molecule has 0 bridgehead atoms. The van der Waals surface area contributed by atoms with E-state index in [0.29, 0.717) is 17.4 Å². The highest BCUT2D eigenvalue weighted by molar-refractivity contribution is 5.91. The molecule has 0 unspecified atom stereocenters. The minimum absolute atomic E-state index is 0.0655. The van der Waals surface area contributed by atoms with Crippen LogP contribution in [-0.4, -0.2) is 22.2 Å². The maximum atomic E-state index is 13.3. The van der Waals surface area contributed by atoms with Gasteiger partial charge in [0.15, 0.2) is 11.6 Å². The van der Waals surface area contributed by atoms with Crippen LogP contribution < -0.4 is 10.6 Å². The molecule has 1 atom stereocenters. The highest BCUT2D eigenvalue weighted by atomic mass is 19.2. The van der Waals surface area contributed by atoms with Gasteiger partial charge in [-0.1, -0.05) is 18.9 Å². The molecule has 1 aliphatic rings. The Bertz CT molecular complexity index is 740. The van der Waals surface area contributed by atoms with Crippen molar-refractivity contribution < 1.29 is 13.6 Å². The van der Waals surface area contributed by atoms with Crippen molar-refractivity contribution in [2.24, 2.45) is 0 Å². The first-order valence-electron chi connectivity index (χ1n) is 8.56. The van der Waals surface area contributed by atoms with Crippen molar-refractivity contribution in [3.05, 3.63) is 47.7 Å². The van der Waals surface area contributed by atoms with E-state index in [1.165, 1.54) is 18.9 Å². The van der Waals surface area contributed by atoms with Gasteiger partial charge in [0.25, 0.3) is 0 Å². The minimum Gasteiger partial charge on any atom is -0.310 e. The predicted molar refractivity (Wildman–Crippen MR) is 91.1 cm³/mol. The van der Waals surface area contributed by atoms with E-state index in [2.05, 4.69) is 15.7 Å². The fourth-order valence-electron chi connectivity index (χ4n) is 3.19. The molecular weight excluding hydrogens is 326 g/mol. The molecule has 1 aromatic carbocycles. The van der Waals surface area contributed by atoms with E-state index >= 15 is 0 Å². The number of anilines is 1. The Labute approximate surface area is 145 Å². The predicted octanol–water partition coefficient (Wildman–Crippen LogP) is 3.57. The van der Waals surface area contributed by atoms with Crippen LogP contribution in [0.25, 0.3) is 0 Å². The highest BCUT2D eigenvalue weighted by Gasteiger charge is 2.20. The van der Waals surface area contributed by atoms with Gasteiger partial charge in [-0.15, -0.1) is 0 Å². The molecule has 1 aliphatic carbocycles. The molecule has 3 rings (SSSR count). The van der Waals surface area contributed by atoms with Crippen molar-refractivity contribution in [3.8, 4) is 0 Å². The average molecular weight is 348 g/mol. The summed E-state index contributed by atoms with van der Waals surface area (Å²) in [7, 11) is 0. The van der Waals surface area contributed by atoms with E-state index in [9.17, 15) is 13.6 Å². The van der Waals surface area contributed by atoms with Crippen molar-refractivity contribution in [1.82, 2.24) is 15.1 Å². The summed E-state index contributed by atoms with van der Waals surface area (Å²) in [5, 5.41) is 10.2. The van der Waals surface area contributed by atoms with Crippen LogP contribution in [0.3, 0.4) is 0 Å². The Hall–Kier alpha value is -2.28. The molecule has 1 fully saturated rings. The van der Waals surface area contributed by atoms with Crippen LogP contribution in [0, 0.1) is 11.6 Å². The molecule has 1 aromatic heterocycles. The van der Waals surface area contributed by atoms with Crippen molar-refractivity contribution in [2.45, 2.75) is 44.7 Å². The third kappa shape index (κ3) is 4.22. The highest BCUT2D eigenvalue weighted by Crippen LogP contribution is 2.31. The van der Waals surface area contributed by atoms with Gasteiger partial charge < -0.3 is 10.6 Å². The van der Waals surface area contributed by atoms with Crippen molar-refractivity contribution in [2.75, 3.05) is 11.9 Å².